The van der Waals surface area contributed by atoms with Gasteiger partial charge in [0, 0.05) is 13.0 Å². The van der Waals surface area contributed by atoms with Crippen molar-refractivity contribution in [1.29, 1.82) is 0 Å². The number of ether oxygens (including phenoxy) is 1. The van der Waals surface area contributed by atoms with Crippen LogP contribution in [-0.2, 0) is 11.3 Å². The number of halogens is 2. The van der Waals surface area contributed by atoms with E-state index in [-0.39, 0.29) is 35.8 Å². The molecule has 0 spiro atoms. The van der Waals surface area contributed by atoms with E-state index in [2.05, 4.69) is 15.2 Å². The quantitative estimate of drug-likeness (QED) is 0.608. The Labute approximate surface area is 141 Å². The van der Waals surface area contributed by atoms with Crippen molar-refractivity contribution in [2.24, 2.45) is 0 Å². The Kier molecular flexibility index (Phi) is 5.63. The first-order chi connectivity index (χ1) is 11.8. The van der Waals surface area contributed by atoms with Crippen molar-refractivity contribution < 1.29 is 23.2 Å². The molecule has 8 nitrogen and oxygen atoms in total. The van der Waals surface area contributed by atoms with Crippen molar-refractivity contribution in [2.45, 2.75) is 33.4 Å². The molecule has 134 valence electrons. The average Bonchev–Trinajstić information content (AvgIpc) is 2.89. The number of nitrogens with zero attached hydrogens (tertiary/aromatic N) is 3. The van der Waals surface area contributed by atoms with Gasteiger partial charge in [0.15, 0.2) is 0 Å². The summed E-state index contributed by atoms with van der Waals surface area (Å²) >= 11 is 0. The van der Waals surface area contributed by atoms with Crippen molar-refractivity contribution in [3.63, 3.8) is 0 Å². The van der Waals surface area contributed by atoms with Crippen LogP contribution in [0.5, 0.6) is 5.75 Å². The Balaban J connectivity index is 2.01. The number of alkyl halides is 2. The molecule has 0 unspecified atom stereocenters. The molecule has 0 radical (unpaired) electrons. The monoisotopic (exact) mass is 354 g/mol. The van der Waals surface area contributed by atoms with Crippen LogP contribution in [0, 0.1) is 24.0 Å². The zero-order valence-electron chi connectivity index (χ0n) is 13.5. The van der Waals surface area contributed by atoms with Crippen LogP contribution in [0.15, 0.2) is 24.4 Å². The van der Waals surface area contributed by atoms with Gasteiger partial charge < -0.3 is 10.1 Å². The minimum atomic E-state index is -3.01. The predicted molar refractivity (Wildman–Crippen MR) is 84.7 cm³/mol. The van der Waals surface area contributed by atoms with Crippen molar-refractivity contribution in [1.82, 2.24) is 9.78 Å². The summed E-state index contributed by atoms with van der Waals surface area (Å²) in [6.45, 7) is 0.300. The lowest BCUT2D eigenvalue weighted by molar-refractivity contribution is -0.385. The van der Waals surface area contributed by atoms with Gasteiger partial charge in [0.1, 0.15) is 17.6 Å². The number of amides is 1. The van der Waals surface area contributed by atoms with E-state index in [0.717, 1.165) is 0 Å². The zero-order chi connectivity index (χ0) is 18.6. The van der Waals surface area contributed by atoms with E-state index in [1.54, 1.807) is 13.0 Å². The highest BCUT2D eigenvalue weighted by molar-refractivity contribution is 5.92. The molecule has 1 aromatic heterocycles. The molecule has 0 saturated heterocycles. The third kappa shape index (κ3) is 4.96. The fraction of sp³-hybridized carbons (Fsp3) is 0.333. The highest BCUT2D eigenvalue weighted by Crippen LogP contribution is 2.27. The van der Waals surface area contributed by atoms with Crippen LogP contribution in [0.1, 0.15) is 17.7 Å². The molecule has 0 atom stereocenters. The second kappa shape index (κ2) is 7.69. The first kappa shape index (κ1) is 18.3. The van der Waals surface area contributed by atoms with Crippen molar-refractivity contribution in [3.05, 3.63) is 45.8 Å². The molecule has 2 aromatic rings. The van der Waals surface area contributed by atoms with E-state index in [4.69, 9.17) is 0 Å². The number of nitro groups is 1. The number of nitrogens with one attached hydrogen (secondary N) is 1. The molecule has 0 saturated carbocycles. The molecular formula is C15H16F2N4O4. The smallest absolute Gasteiger partial charge is 0.387 e. The van der Waals surface area contributed by atoms with Crippen molar-refractivity contribution >= 4 is 17.3 Å². The summed E-state index contributed by atoms with van der Waals surface area (Å²) in [5.41, 5.74) is 0.939. The highest BCUT2D eigenvalue weighted by Gasteiger charge is 2.16. The van der Waals surface area contributed by atoms with Gasteiger partial charge in [-0.3, -0.25) is 19.6 Å². The lowest BCUT2D eigenvalue weighted by Crippen LogP contribution is -2.16. The Morgan fingerprint density at radius 2 is 2.16 bits per heavy atom. The van der Waals surface area contributed by atoms with Crippen LogP contribution < -0.4 is 10.1 Å². The van der Waals surface area contributed by atoms with Gasteiger partial charge in [0.2, 0.25) is 5.91 Å². The molecule has 25 heavy (non-hydrogen) atoms. The van der Waals surface area contributed by atoms with E-state index < -0.39 is 17.4 Å². The minimum Gasteiger partial charge on any atom is -0.433 e. The maximum Gasteiger partial charge on any atom is 0.387 e. The number of rotatable bonds is 7. The number of aryl methyl sites for hydroxylation is 3. The molecule has 1 heterocycles. The minimum absolute atomic E-state index is 0.0414. The van der Waals surface area contributed by atoms with Gasteiger partial charge in [-0.25, -0.2) is 0 Å². The van der Waals surface area contributed by atoms with Crippen LogP contribution in [0.25, 0.3) is 0 Å². The summed E-state index contributed by atoms with van der Waals surface area (Å²) in [6, 6.07) is 4.50. The summed E-state index contributed by atoms with van der Waals surface area (Å²) in [4.78, 5) is 22.2. The lowest BCUT2D eigenvalue weighted by Gasteiger charge is -2.12. The van der Waals surface area contributed by atoms with Gasteiger partial charge in [-0.2, -0.15) is 13.9 Å². The number of hydrogen-bond donors (Lipinski definition) is 1. The van der Waals surface area contributed by atoms with Crippen LogP contribution >= 0.6 is 0 Å². The topological polar surface area (TPSA) is 99.3 Å². The number of aromatic nitrogens is 2. The van der Waals surface area contributed by atoms with Crippen molar-refractivity contribution in [2.75, 3.05) is 5.32 Å². The Morgan fingerprint density at radius 1 is 1.44 bits per heavy atom. The molecule has 2 rings (SSSR count). The summed E-state index contributed by atoms with van der Waals surface area (Å²) in [5.74, 6) is -0.590. The van der Waals surface area contributed by atoms with Crippen LogP contribution in [0.3, 0.4) is 0 Å². The van der Waals surface area contributed by atoms with E-state index in [1.165, 1.54) is 29.9 Å². The zero-order valence-corrected chi connectivity index (χ0v) is 13.5. The summed E-state index contributed by atoms with van der Waals surface area (Å²) in [7, 11) is 0. The van der Waals surface area contributed by atoms with Gasteiger partial charge in [-0.1, -0.05) is 6.07 Å². The molecule has 0 fully saturated rings. The van der Waals surface area contributed by atoms with E-state index in [0.29, 0.717) is 5.56 Å². The average molecular weight is 354 g/mol. The lowest BCUT2D eigenvalue weighted by atomic mass is 10.2. The molecule has 0 aliphatic carbocycles. The van der Waals surface area contributed by atoms with E-state index in [1.807, 2.05) is 0 Å². The van der Waals surface area contributed by atoms with Gasteiger partial charge in [0.05, 0.1) is 10.6 Å². The predicted octanol–water partition coefficient (Wildman–Crippen LogP) is 3.04. The number of carbonyl (C=O) groups excluding carboxylic acids is 1. The van der Waals surface area contributed by atoms with Crippen LogP contribution in [0.4, 0.5) is 20.2 Å². The number of hydrogen-bond acceptors (Lipinski definition) is 5. The third-order valence-corrected chi connectivity index (χ3v) is 3.31. The SMILES string of the molecule is Cc1ccc(NC(=O)CCn2cc([N+](=O)[O-])c(C)n2)c(OC(F)F)c1. The molecule has 10 heteroatoms. The molecule has 0 aliphatic rings. The molecule has 1 N–H and O–H groups in total. The standard InChI is InChI=1S/C15H16F2N4O4/c1-9-3-4-11(13(7-9)25-15(16)17)18-14(22)5-6-20-8-12(21(23)24)10(2)19-20/h3-4,7-8,15H,5-6H2,1-2H3,(H,18,22). The summed E-state index contributed by atoms with van der Waals surface area (Å²) in [5, 5.41) is 17.2. The first-order valence-corrected chi connectivity index (χ1v) is 7.30. The fourth-order valence-corrected chi connectivity index (χ4v) is 2.16. The Bertz CT molecular complexity index is 792. The fourth-order valence-electron chi connectivity index (χ4n) is 2.16. The van der Waals surface area contributed by atoms with Gasteiger partial charge in [-0.15, -0.1) is 0 Å². The maximum absolute atomic E-state index is 12.4. The number of anilines is 1. The van der Waals surface area contributed by atoms with Crippen LogP contribution in [0.2, 0.25) is 0 Å². The first-order valence-electron chi connectivity index (χ1n) is 7.30. The normalized spacial score (nSPS) is 10.8. The highest BCUT2D eigenvalue weighted by atomic mass is 19.3. The third-order valence-electron chi connectivity index (χ3n) is 3.31. The Hall–Kier alpha value is -3.04. The van der Waals surface area contributed by atoms with Gasteiger partial charge >= 0.3 is 12.3 Å². The molecule has 1 amide bonds. The molecule has 0 aliphatic heterocycles. The second-order valence-electron chi connectivity index (χ2n) is 5.30. The molecular weight excluding hydrogens is 338 g/mol. The van der Waals surface area contributed by atoms with Gasteiger partial charge in [0.25, 0.3) is 0 Å². The van der Waals surface area contributed by atoms with Gasteiger partial charge in [-0.05, 0) is 31.5 Å². The van der Waals surface area contributed by atoms with E-state index >= 15 is 0 Å². The Morgan fingerprint density at radius 3 is 2.76 bits per heavy atom. The summed E-state index contributed by atoms with van der Waals surface area (Å²) in [6.07, 6.45) is 1.19. The largest absolute Gasteiger partial charge is 0.433 e. The maximum atomic E-state index is 12.4. The van der Waals surface area contributed by atoms with Crippen molar-refractivity contribution in [3.8, 4) is 5.75 Å². The van der Waals surface area contributed by atoms with E-state index in [9.17, 15) is 23.7 Å². The van der Waals surface area contributed by atoms with Crippen LogP contribution in [-0.4, -0.2) is 27.2 Å². The number of benzene rings is 1. The number of carbonyl (C=O) groups is 1. The molecule has 1 aromatic carbocycles. The summed E-state index contributed by atoms with van der Waals surface area (Å²) < 4.78 is 30.6. The second-order valence-corrected chi connectivity index (χ2v) is 5.30. The molecule has 0 bridgehead atoms.